The second-order valence-corrected chi connectivity index (χ2v) is 5.11. The van der Waals surface area contributed by atoms with E-state index in [-0.39, 0.29) is 23.2 Å². The summed E-state index contributed by atoms with van der Waals surface area (Å²) in [5.74, 6) is -2.00. The number of hydrogen-bond donors (Lipinski definition) is 2. The maximum atomic E-state index is 13.1. The van der Waals surface area contributed by atoms with Gasteiger partial charge < -0.3 is 10.4 Å². The summed E-state index contributed by atoms with van der Waals surface area (Å²) in [5.41, 5.74) is 1.27. The maximum Gasteiger partial charge on any atom is 0.335 e. The molecule has 2 rings (SSSR count). The number of aromatic carboxylic acids is 1. The molecule has 5 heteroatoms. The Hall–Kier alpha value is -2.69. The number of halogens is 1. The number of amides is 1. The van der Waals surface area contributed by atoms with Crippen LogP contribution in [0.15, 0.2) is 48.5 Å². The van der Waals surface area contributed by atoms with Crippen LogP contribution < -0.4 is 5.32 Å². The molecule has 2 N–H and O–H groups in total. The molecule has 2 aromatic rings. The highest BCUT2D eigenvalue weighted by molar-refractivity contribution is 5.94. The quantitative estimate of drug-likeness (QED) is 0.890. The monoisotopic (exact) mass is 301 g/mol. The molecule has 1 unspecified atom stereocenters. The summed E-state index contributed by atoms with van der Waals surface area (Å²) in [7, 11) is 0. The molecule has 0 saturated heterocycles. The first-order valence-corrected chi connectivity index (χ1v) is 6.84. The first-order valence-electron chi connectivity index (χ1n) is 6.84. The molecule has 22 heavy (non-hydrogen) atoms. The Labute approximate surface area is 127 Å². The highest BCUT2D eigenvalue weighted by Gasteiger charge is 2.14. The Morgan fingerprint density at radius 2 is 1.91 bits per heavy atom. The van der Waals surface area contributed by atoms with Crippen molar-refractivity contribution in [2.24, 2.45) is 5.92 Å². The van der Waals surface area contributed by atoms with Gasteiger partial charge in [0.15, 0.2) is 0 Å². The molecule has 0 fully saturated rings. The molecule has 1 amide bonds. The van der Waals surface area contributed by atoms with E-state index in [2.05, 4.69) is 5.32 Å². The third kappa shape index (κ3) is 4.15. The van der Waals surface area contributed by atoms with Gasteiger partial charge >= 0.3 is 5.97 Å². The third-order valence-electron chi connectivity index (χ3n) is 3.26. The Morgan fingerprint density at radius 1 is 1.18 bits per heavy atom. The van der Waals surface area contributed by atoms with Gasteiger partial charge in [-0.05, 0) is 42.3 Å². The van der Waals surface area contributed by atoms with Gasteiger partial charge in [-0.2, -0.15) is 0 Å². The zero-order chi connectivity index (χ0) is 16.1. The van der Waals surface area contributed by atoms with Crippen LogP contribution in [0, 0.1) is 11.7 Å². The molecule has 0 bridgehead atoms. The number of carboxylic acids is 1. The van der Waals surface area contributed by atoms with Crippen LogP contribution in [0.3, 0.4) is 0 Å². The van der Waals surface area contributed by atoms with E-state index < -0.39 is 5.97 Å². The SMILES string of the molecule is CC(Cc1cccc(F)c1)C(=O)Nc1cccc(C(=O)O)c1. The van der Waals surface area contributed by atoms with Gasteiger partial charge in [0.1, 0.15) is 5.82 Å². The van der Waals surface area contributed by atoms with Gasteiger partial charge in [0.2, 0.25) is 5.91 Å². The molecule has 0 aromatic heterocycles. The number of carbonyl (C=O) groups excluding carboxylic acids is 1. The van der Waals surface area contributed by atoms with Crippen LogP contribution in [-0.4, -0.2) is 17.0 Å². The number of carboxylic acid groups (broad SMARTS) is 1. The van der Waals surface area contributed by atoms with Gasteiger partial charge in [-0.1, -0.05) is 25.1 Å². The highest BCUT2D eigenvalue weighted by atomic mass is 19.1. The molecule has 0 aliphatic carbocycles. The van der Waals surface area contributed by atoms with Crippen LogP contribution in [0.2, 0.25) is 0 Å². The lowest BCUT2D eigenvalue weighted by Crippen LogP contribution is -2.22. The zero-order valence-electron chi connectivity index (χ0n) is 12.0. The molecule has 4 nitrogen and oxygen atoms in total. The predicted octanol–water partition coefficient (Wildman–Crippen LogP) is 3.34. The lowest BCUT2D eigenvalue weighted by molar-refractivity contribution is -0.119. The Kier molecular flexibility index (Phi) is 4.88. The van der Waals surface area contributed by atoms with Crippen molar-refractivity contribution in [2.45, 2.75) is 13.3 Å². The first-order chi connectivity index (χ1) is 10.5. The van der Waals surface area contributed by atoms with Crippen molar-refractivity contribution in [1.82, 2.24) is 0 Å². The first kappa shape index (κ1) is 15.7. The smallest absolute Gasteiger partial charge is 0.335 e. The molecule has 0 saturated carbocycles. The second kappa shape index (κ2) is 6.85. The van der Waals surface area contributed by atoms with E-state index in [0.717, 1.165) is 5.56 Å². The fourth-order valence-electron chi connectivity index (χ4n) is 2.11. The summed E-state index contributed by atoms with van der Waals surface area (Å²) in [6.45, 7) is 1.74. The molecule has 0 aliphatic heterocycles. The number of carbonyl (C=O) groups is 2. The maximum absolute atomic E-state index is 13.1. The summed E-state index contributed by atoms with van der Waals surface area (Å²) in [6.07, 6.45) is 0.405. The molecule has 1 atom stereocenters. The van der Waals surface area contributed by atoms with E-state index in [9.17, 15) is 14.0 Å². The second-order valence-electron chi connectivity index (χ2n) is 5.11. The van der Waals surface area contributed by atoms with Gasteiger partial charge in [-0.15, -0.1) is 0 Å². The van der Waals surface area contributed by atoms with E-state index >= 15 is 0 Å². The largest absolute Gasteiger partial charge is 0.478 e. The van der Waals surface area contributed by atoms with Crippen molar-refractivity contribution in [3.05, 3.63) is 65.5 Å². The lowest BCUT2D eigenvalue weighted by atomic mass is 10.00. The number of anilines is 1. The number of benzene rings is 2. The van der Waals surface area contributed by atoms with E-state index in [0.29, 0.717) is 12.1 Å². The lowest BCUT2D eigenvalue weighted by Gasteiger charge is -2.12. The van der Waals surface area contributed by atoms with Gasteiger partial charge in [-0.25, -0.2) is 9.18 Å². The van der Waals surface area contributed by atoms with Crippen LogP contribution in [0.25, 0.3) is 0 Å². The van der Waals surface area contributed by atoms with E-state index in [1.165, 1.54) is 24.3 Å². The molecule has 0 radical (unpaired) electrons. The fourth-order valence-corrected chi connectivity index (χ4v) is 2.11. The fraction of sp³-hybridized carbons (Fsp3) is 0.176. The standard InChI is InChI=1S/C17H16FNO3/c1-11(8-12-4-2-6-14(18)9-12)16(20)19-15-7-3-5-13(10-15)17(21)22/h2-7,9-11H,8H2,1H3,(H,19,20)(H,21,22). The van der Waals surface area contributed by atoms with Crippen molar-refractivity contribution in [1.29, 1.82) is 0 Å². The van der Waals surface area contributed by atoms with Crippen molar-refractivity contribution in [3.8, 4) is 0 Å². The molecule has 0 aliphatic rings. The average Bonchev–Trinajstić information content (AvgIpc) is 2.47. The van der Waals surface area contributed by atoms with Crippen LogP contribution in [0.4, 0.5) is 10.1 Å². The van der Waals surface area contributed by atoms with E-state index in [4.69, 9.17) is 5.11 Å². The van der Waals surface area contributed by atoms with Crippen LogP contribution in [-0.2, 0) is 11.2 Å². The van der Waals surface area contributed by atoms with Crippen molar-refractivity contribution in [2.75, 3.05) is 5.32 Å². The van der Waals surface area contributed by atoms with Gasteiger partial charge in [0.05, 0.1) is 5.56 Å². The van der Waals surface area contributed by atoms with Gasteiger partial charge in [0, 0.05) is 11.6 Å². The minimum absolute atomic E-state index is 0.107. The predicted molar refractivity (Wildman–Crippen MR) is 81.3 cm³/mol. The minimum Gasteiger partial charge on any atom is -0.478 e. The molecule has 0 spiro atoms. The van der Waals surface area contributed by atoms with E-state index in [1.54, 1.807) is 31.2 Å². The number of nitrogens with one attached hydrogen (secondary N) is 1. The molecular formula is C17H16FNO3. The van der Waals surface area contributed by atoms with Crippen molar-refractivity contribution >= 4 is 17.6 Å². The van der Waals surface area contributed by atoms with Gasteiger partial charge in [0.25, 0.3) is 0 Å². The summed E-state index contributed by atoms with van der Waals surface area (Å²) in [4.78, 5) is 23.0. The van der Waals surface area contributed by atoms with Crippen LogP contribution in [0.5, 0.6) is 0 Å². The average molecular weight is 301 g/mol. The van der Waals surface area contributed by atoms with Crippen molar-refractivity contribution in [3.63, 3.8) is 0 Å². The van der Waals surface area contributed by atoms with Gasteiger partial charge in [-0.3, -0.25) is 4.79 Å². The summed E-state index contributed by atoms with van der Waals surface area (Å²) in [5, 5.41) is 11.6. The Morgan fingerprint density at radius 3 is 2.59 bits per heavy atom. The van der Waals surface area contributed by atoms with Crippen LogP contribution in [0.1, 0.15) is 22.8 Å². The topological polar surface area (TPSA) is 66.4 Å². The number of rotatable bonds is 5. The Balaban J connectivity index is 2.02. The van der Waals surface area contributed by atoms with Crippen LogP contribution >= 0.6 is 0 Å². The molecular weight excluding hydrogens is 285 g/mol. The van der Waals surface area contributed by atoms with Crippen molar-refractivity contribution < 1.29 is 19.1 Å². The molecule has 114 valence electrons. The summed E-state index contributed by atoms with van der Waals surface area (Å²) >= 11 is 0. The Bertz CT molecular complexity index is 700. The summed E-state index contributed by atoms with van der Waals surface area (Å²) in [6, 6.07) is 12.2. The molecule has 0 heterocycles. The normalized spacial score (nSPS) is 11.7. The summed E-state index contributed by atoms with van der Waals surface area (Å²) < 4.78 is 13.1. The third-order valence-corrected chi connectivity index (χ3v) is 3.26. The minimum atomic E-state index is -1.05. The van der Waals surface area contributed by atoms with E-state index in [1.807, 2.05) is 0 Å². The molecule has 2 aromatic carbocycles. The zero-order valence-corrected chi connectivity index (χ0v) is 12.0. The highest BCUT2D eigenvalue weighted by Crippen LogP contribution is 2.15. The number of hydrogen-bond acceptors (Lipinski definition) is 2.